The molecule has 0 radical (unpaired) electrons. The van der Waals surface area contributed by atoms with E-state index in [0.717, 1.165) is 5.56 Å². The SMILES string of the molecule is CCC(Oc1cccc(Cl)c1)C(=O)NC(C)c1ccc(F)cc1. The summed E-state index contributed by atoms with van der Waals surface area (Å²) >= 11 is 5.92. The summed E-state index contributed by atoms with van der Waals surface area (Å²) in [7, 11) is 0. The predicted molar refractivity (Wildman–Crippen MR) is 89.1 cm³/mol. The lowest BCUT2D eigenvalue weighted by Gasteiger charge is -2.21. The molecule has 122 valence electrons. The third-order valence-electron chi connectivity index (χ3n) is 3.47. The number of halogens is 2. The highest BCUT2D eigenvalue weighted by molar-refractivity contribution is 6.30. The molecule has 2 rings (SSSR count). The van der Waals surface area contributed by atoms with Gasteiger partial charge in [-0.25, -0.2) is 4.39 Å². The average Bonchev–Trinajstić information content (AvgIpc) is 2.53. The lowest BCUT2D eigenvalue weighted by atomic mass is 10.1. The van der Waals surface area contributed by atoms with Crippen LogP contribution < -0.4 is 10.1 Å². The van der Waals surface area contributed by atoms with Crippen LogP contribution in [0.2, 0.25) is 5.02 Å². The first-order chi connectivity index (χ1) is 11.0. The Morgan fingerprint density at radius 3 is 2.57 bits per heavy atom. The third kappa shape index (κ3) is 4.96. The molecule has 0 bridgehead atoms. The van der Waals surface area contributed by atoms with Gasteiger partial charge in [0.25, 0.3) is 5.91 Å². The van der Waals surface area contributed by atoms with Crippen molar-refractivity contribution in [2.24, 2.45) is 0 Å². The highest BCUT2D eigenvalue weighted by Crippen LogP contribution is 2.20. The second-order valence-electron chi connectivity index (χ2n) is 5.25. The topological polar surface area (TPSA) is 38.3 Å². The zero-order valence-corrected chi connectivity index (χ0v) is 13.8. The molecule has 2 aromatic rings. The van der Waals surface area contributed by atoms with Gasteiger partial charge in [-0.3, -0.25) is 4.79 Å². The number of amides is 1. The standard InChI is InChI=1S/C18H19ClFNO2/c1-3-17(23-16-6-4-5-14(19)11-16)18(22)21-12(2)13-7-9-15(20)10-8-13/h4-12,17H,3H2,1-2H3,(H,21,22). The molecule has 2 atom stereocenters. The van der Waals surface area contributed by atoms with Crippen LogP contribution in [0.1, 0.15) is 31.9 Å². The lowest BCUT2D eigenvalue weighted by Crippen LogP contribution is -2.39. The van der Waals surface area contributed by atoms with E-state index in [0.29, 0.717) is 17.2 Å². The van der Waals surface area contributed by atoms with Gasteiger partial charge in [-0.2, -0.15) is 0 Å². The lowest BCUT2D eigenvalue weighted by molar-refractivity contribution is -0.128. The summed E-state index contributed by atoms with van der Waals surface area (Å²) in [6.07, 6.45) is -0.0922. The van der Waals surface area contributed by atoms with Gasteiger partial charge >= 0.3 is 0 Å². The maximum absolute atomic E-state index is 13.0. The van der Waals surface area contributed by atoms with Gasteiger partial charge in [-0.15, -0.1) is 0 Å². The number of rotatable bonds is 6. The molecule has 2 aromatic carbocycles. The summed E-state index contributed by atoms with van der Waals surface area (Å²) < 4.78 is 18.7. The average molecular weight is 336 g/mol. The number of benzene rings is 2. The minimum atomic E-state index is -0.614. The Hall–Kier alpha value is -2.07. The van der Waals surface area contributed by atoms with Gasteiger partial charge in [-0.1, -0.05) is 36.7 Å². The highest BCUT2D eigenvalue weighted by atomic mass is 35.5. The molecule has 23 heavy (non-hydrogen) atoms. The maximum atomic E-state index is 13.0. The molecule has 0 saturated carbocycles. The zero-order valence-electron chi connectivity index (χ0n) is 13.1. The van der Waals surface area contributed by atoms with Crippen molar-refractivity contribution in [2.75, 3.05) is 0 Å². The fourth-order valence-electron chi connectivity index (χ4n) is 2.17. The van der Waals surface area contributed by atoms with Gasteiger partial charge in [0.2, 0.25) is 0 Å². The van der Waals surface area contributed by atoms with E-state index >= 15 is 0 Å². The number of ether oxygens (including phenoxy) is 1. The summed E-state index contributed by atoms with van der Waals surface area (Å²) in [5, 5.41) is 3.44. The van der Waals surface area contributed by atoms with Crippen molar-refractivity contribution >= 4 is 17.5 Å². The van der Waals surface area contributed by atoms with Crippen molar-refractivity contribution in [3.8, 4) is 5.75 Å². The normalized spacial score (nSPS) is 13.2. The summed E-state index contributed by atoms with van der Waals surface area (Å²) in [4.78, 5) is 12.4. The first-order valence-corrected chi connectivity index (χ1v) is 7.85. The van der Waals surface area contributed by atoms with Crippen molar-refractivity contribution < 1.29 is 13.9 Å². The first kappa shape index (κ1) is 17.3. The quantitative estimate of drug-likeness (QED) is 0.843. The van der Waals surface area contributed by atoms with Crippen molar-refractivity contribution in [3.05, 3.63) is 64.9 Å². The smallest absolute Gasteiger partial charge is 0.261 e. The monoisotopic (exact) mass is 335 g/mol. The highest BCUT2D eigenvalue weighted by Gasteiger charge is 2.20. The van der Waals surface area contributed by atoms with Gasteiger partial charge in [0.15, 0.2) is 6.10 Å². The van der Waals surface area contributed by atoms with Gasteiger partial charge in [-0.05, 0) is 49.2 Å². The molecule has 0 aliphatic carbocycles. The van der Waals surface area contributed by atoms with Crippen LogP contribution in [0.3, 0.4) is 0 Å². The van der Waals surface area contributed by atoms with Crippen LogP contribution in [0, 0.1) is 5.82 Å². The van der Waals surface area contributed by atoms with Crippen LogP contribution in [0.4, 0.5) is 4.39 Å². The molecular weight excluding hydrogens is 317 g/mol. The van der Waals surface area contributed by atoms with Crippen LogP contribution in [-0.2, 0) is 4.79 Å². The molecule has 0 saturated heterocycles. The van der Waals surface area contributed by atoms with Crippen molar-refractivity contribution in [1.82, 2.24) is 5.32 Å². The molecule has 5 heteroatoms. The van der Waals surface area contributed by atoms with Gasteiger partial charge in [0.05, 0.1) is 6.04 Å². The summed E-state index contributed by atoms with van der Waals surface area (Å²) in [6.45, 7) is 3.72. The van der Waals surface area contributed by atoms with Crippen molar-refractivity contribution in [3.63, 3.8) is 0 Å². The Kier molecular flexibility index (Phi) is 5.99. The number of nitrogens with one attached hydrogen (secondary N) is 1. The second kappa shape index (κ2) is 7.97. The fraction of sp³-hybridized carbons (Fsp3) is 0.278. The molecule has 0 aliphatic heterocycles. The van der Waals surface area contributed by atoms with Gasteiger partial charge in [0, 0.05) is 5.02 Å². The molecule has 0 aromatic heterocycles. The van der Waals surface area contributed by atoms with E-state index < -0.39 is 6.10 Å². The van der Waals surface area contributed by atoms with E-state index in [4.69, 9.17) is 16.3 Å². The molecule has 2 unspecified atom stereocenters. The molecule has 1 amide bonds. The number of hydrogen-bond donors (Lipinski definition) is 1. The van der Waals surface area contributed by atoms with Crippen LogP contribution in [-0.4, -0.2) is 12.0 Å². The molecule has 0 aliphatic rings. The van der Waals surface area contributed by atoms with E-state index in [9.17, 15) is 9.18 Å². The number of carbonyl (C=O) groups excluding carboxylic acids is 1. The van der Waals surface area contributed by atoms with E-state index in [2.05, 4.69) is 5.32 Å². The molecule has 1 N–H and O–H groups in total. The first-order valence-electron chi connectivity index (χ1n) is 7.47. The molecule has 0 fully saturated rings. The fourth-order valence-corrected chi connectivity index (χ4v) is 2.35. The van der Waals surface area contributed by atoms with Crippen LogP contribution >= 0.6 is 11.6 Å². The Balaban J connectivity index is 2.00. The molecular formula is C18H19ClFNO2. The number of hydrogen-bond acceptors (Lipinski definition) is 2. The minimum Gasteiger partial charge on any atom is -0.481 e. The molecule has 3 nitrogen and oxygen atoms in total. The van der Waals surface area contributed by atoms with Gasteiger partial charge in [0.1, 0.15) is 11.6 Å². The minimum absolute atomic E-state index is 0.218. The van der Waals surface area contributed by atoms with Crippen molar-refractivity contribution in [1.29, 1.82) is 0 Å². The number of carbonyl (C=O) groups is 1. The zero-order chi connectivity index (χ0) is 16.8. The maximum Gasteiger partial charge on any atom is 0.261 e. The Labute approximate surface area is 140 Å². The second-order valence-corrected chi connectivity index (χ2v) is 5.69. The predicted octanol–water partition coefficient (Wildman–Crippen LogP) is 4.51. The van der Waals surface area contributed by atoms with E-state index in [1.807, 2.05) is 13.8 Å². The van der Waals surface area contributed by atoms with Crippen LogP contribution in [0.15, 0.2) is 48.5 Å². The Morgan fingerprint density at radius 2 is 1.96 bits per heavy atom. The van der Waals surface area contributed by atoms with Crippen LogP contribution in [0.25, 0.3) is 0 Å². The van der Waals surface area contributed by atoms with Gasteiger partial charge < -0.3 is 10.1 Å². The molecule has 0 spiro atoms. The summed E-state index contributed by atoms with van der Waals surface area (Å²) in [5.74, 6) is 0.0289. The third-order valence-corrected chi connectivity index (χ3v) is 3.70. The largest absolute Gasteiger partial charge is 0.481 e. The summed E-state index contributed by atoms with van der Waals surface area (Å²) in [6, 6.07) is 12.7. The van der Waals surface area contributed by atoms with E-state index in [1.165, 1.54) is 12.1 Å². The van der Waals surface area contributed by atoms with Crippen molar-refractivity contribution in [2.45, 2.75) is 32.4 Å². The Morgan fingerprint density at radius 1 is 1.26 bits per heavy atom. The van der Waals surface area contributed by atoms with E-state index in [1.54, 1.807) is 36.4 Å². The Bertz CT molecular complexity index is 660. The van der Waals surface area contributed by atoms with Crippen LogP contribution in [0.5, 0.6) is 5.75 Å². The molecule has 0 heterocycles. The van der Waals surface area contributed by atoms with E-state index in [-0.39, 0.29) is 17.8 Å². The summed E-state index contributed by atoms with van der Waals surface area (Å²) in [5.41, 5.74) is 0.831.